The summed E-state index contributed by atoms with van der Waals surface area (Å²) in [5.74, 6) is 3.05. The van der Waals surface area contributed by atoms with Crippen LogP contribution in [0.1, 0.15) is 32.5 Å². The molecule has 0 aliphatic carbocycles. The highest BCUT2D eigenvalue weighted by Gasteiger charge is 2.06. The molecule has 1 aromatic rings. The number of nitrogens with one attached hydrogen (secondary N) is 1. The van der Waals surface area contributed by atoms with Gasteiger partial charge < -0.3 is 10.2 Å². The Kier molecular flexibility index (Phi) is 6.07. The molecule has 0 saturated heterocycles. The van der Waals surface area contributed by atoms with Crippen LogP contribution in [0.25, 0.3) is 0 Å². The number of hydrogen-bond acceptors (Lipinski definition) is 5. The molecule has 1 N–H and O–H groups in total. The van der Waals surface area contributed by atoms with Crippen molar-refractivity contribution in [3.8, 4) is 6.07 Å². The first kappa shape index (κ1) is 15.2. The van der Waals surface area contributed by atoms with E-state index in [0.29, 0.717) is 11.6 Å². The van der Waals surface area contributed by atoms with Crippen molar-refractivity contribution in [2.45, 2.75) is 33.6 Å². The number of aromatic nitrogens is 2. The average molecular weight is 261 g/mol. The van der Waals surface area contributed by atoms with Crippen molar-refractivity contribution in [3.63, 3.8) is 0 Å². The average Bonchev–Trinajstić information content (AvgIpc) is 2.35. The van der Waals surface area contributed by atoms with Crippen molar-refractivity contribution in [2.24, 2.45) is 5.92 Å². The van der Waals surface area contributed by atoms with Gasteiger partial charge >= 0.3 is 0 Å². The summed E-state index contributed by atoms with van der Waals surface area (Å²) < 4.78 is 0. The Morgan fingerprint density at radius 3 is 2.79 bits per heavy atom. The number of nitriles is 1. The van der Waals surface area contributed by atoms with Crippen LogP contribution in [-0.4, -0.2) is 30.1 Å². The van der Waals surface area contributed by atoms with Gasteiger partial charge in [0.1, 0.15) is 24.0 Å². The zero-order chi connectivity index (χ0) is 14.3. The van der Waals surface area contributed by atoms with E-state index in [0.717, 1.165) is 24.7 Å². The molecule has 0 aliphatic rings. The summed E-state index contributed by atoms with van der Waals surface area (Å²) in [6.07, 6.45) is 2.37. The molecule has 1 aromatic heterocycles. The van der Waals surface area contributed by atoms with Gasteiger partial charge in [0.05, 0.1) is 6.07 Å². The van der Waals surface area contributed by atoms with Gasteiger partial charge in [-0.2, -0.15) is 5.26 Å². The lowest BCUT2D eigenvalue weighted by Crippen LogP contribution is -2.21. The van der Waals surface area contributed by atoms with E-state index >= 15 is 0 Å². The van der Waals surface area contributed by atoms with Crippen molar-refractivity contribution < 1.29 is 0 Å². The van der Waals surface area contributed by atoms with Crippen LogP contribution in [0.3, 0.4) is 0 Å². The molecule has 0 amide bonds. The fourth-order valence-corrected chi connectivity index (χ4v) is 1.82. The molecule has 0 aromatic carbocycles. The SMILES string of the molecule is Cc1nc(NCC#N)cc(N(C)CCCC(C)C)n1. The molecule has 0 radical (unpaired) electrons. The van der Waals surface area contributed by atoms with E-state index in [9.17, 15) is 0 Å². The minimum absolute atomic E-state index is 0.257. The van der Waals surface area contributed by atoms with Crippen LogP contribution >= 0.6 is 0 Å². The Morgan fingerprint density at radius 2 is 2.16 bits per heavy atom. The van der Waals surface area contributed by atoms with Gasteiger partial charge in [0.15, 0.2) is 0 Å². The quantitative estimate of drug-likeness (QED) is 0.764. The molecule has 0 fully saturated rings. The second-order valence-electron chi connectivity index (χ2n) is 5.13. The lowest BCUT2D eigenvalue weighted by molar-refractivity contribution is 0.555. The first-order valence-electron chi connectivity index (χ1n) is 6.70. The van der Waals surface area contributed by atoms with Crippen LogP contribution in [-0.2, 0) is 0 Å². The van der Waals surface area contributed by atoms with E-state index in [1.54, 1.807) is 0 Å². The van der Waals surface area contributed by atoms with Gasteiger partial charge in [0, 0.05) is 19.7 Å². The summed E-state index contributed by atoms with van der Waals surface area (Å²) in [6.45, 7) is 7.57. The second kappa shape index (κ2) is 7.57. The van der Waals surface area contributed by atoms with Crippen LogP contribution in [0, 0.1) is 24.2 Å². The molecular weight excluding hydrogens is 238 g/mol. The standard InChI is InChI=1S/C14H23N5/c1-11(2)6-5-9-19(4)14-10-13(16-8-7-15)17-12(3)18-14/h10-11H,5-6,8-9H2,1-4H3,(H,16,17,18). The van der Waals surface area contributed by atoms with E-state index < -0.39 is 0 Å². The van der Waals surface area contributed by atoms with E-state index in [1.165, 1.54) is 6.42 Å². The summed E-state index contributed by atoms with van der Waals surface area (Å²) in [7, 11) is 2.04. The van der Waals surface area contributed by atoms with Gasteiger partial charge in [-0.05, 0) is 25.7 Å². The van der Waals surface area contributed by atoms with Gasteiger partial charge in [-0.15, -0.1) is 0 Å². The highest BCUT2D eigenvalue weighted by atomic mass is 15.2. The molecule has 5 nitrogen and oxygen atoms in total. The van der Waals surface area contributed by atoms with Crippen molar-refractivity contribution in [3.05, 3.63) is 11.9 Å². The van der Waals surface area contributed by atoms with Gasteiger partial charge in [0.25, 0.3) is 0 Å². The zero-order valence-corrected chi connectivity index (χ0v) is 12.3. The van der Waals surface area contributed by atoms with Crippen molar-refractivity contribution in [1.29, 1.82) is 5.26 Å². The van der Waals surface area contributed by atoms with Gasteiger partial charge in [-0.25, -0.2) is 9.97 Å². The fraction of sp³-hybridized carbons (Fsp3) is 0.643. The highest BCUT2D eigenvalue weighted by molar-refractivity contribution is 5.49. The number of hydrogen-bond donors (Lipinski definition) is 1. The first-order chi connectivity index (χ1) is 9.02. The monoisotopic (exact) mass is 261 g/mol. The van der Waals surface area contributed by atoms with Crippen LogP contribution in [0.5, 0.6) is 0 Å². The summed E-state index contributed by atoms with van der Waals surface area (Å²) in [4.78, 5) is 10.8. The Labute approximate surface area is 115 Å². The predicted molar refractivity (Wildman–Crippen MR) is 78.2 cm³/mol. The third-order valence-electron chi connectivity index (χ3n) is 2.84. The predicted octanol–water partition coefficient (Wildman–Crippen LogP) is 2.59. The van der Waals surface area contributed by atoms with Gasteiger partial charge in [-0.1, -0.05) is 13.8 Å². The summed E-state index contributed by atoms with van der Waals surface area (Å²) in [5.41, 5.74) is 0. The Balaban J connectivity index is 2.65. The summed E-state index contributed by atoms with van der Waals surface area (Å²) in [5, 5.41) is 11.5. The molecule has 0 bridgehead atoms. The maximum atomic E-state index is 8.58. The lowest BCUT2D eigenvalue weighted by Gasteiger charge is -2.19. The molecule has 104 valence electrons. The van der Waals surface area contributed by atoms with Crippen molar-refractivity contribution >= 4 is 11.6 Å². The maximum absolute atomic E-state index is 8.58. The number of anilines is 2. The lowest BCUT2D eigenvalue weighted by atomic mass is 10.1. The number of nitrogens with zero attached hydrogens (tertiary/aromatic N) is 4. The molecule has 5 heteroatoms. The van der Waals surface area contributed by atoms with E-state index in [2.05, 4.69) is 34.0 Å². The van der Waals surface area contributed by atoms with Crippen LogP contribution in [0.4, 0.5) is 11.6 Å². The Morgan fingerprint density at radius 1 is 1.42 bits per heavy atom. The summed E-state index contributed by atoms with van der Waals surface area (Å²) in [6, 6.07) is 3.93. The van der Waals surface area contributed by atoms with Crippen LogP contribution in [0.2, 0.25) is 0 Å². The molecule has 0 spiro atoms. The molecule has 0 atom stereocenters. The number of rotatable bonds is 7. The van der Waals surface area contributed by atoms with E-state index in [1.807, 2.05) is 26.1 Å². The number of aryl methyl sites for hydroxylation is 1. The topological polar surface area (TPSA) is 64.8 Å². The fourth-order valence-electron chi connectivity index (χ4n) is 1.82. The third-order valence-corrected chi connectivity index (χ3v) is 2.84. The molecule has 1 rings (SSSR count). The van der Waals surface area contributed by atoms with Gasteiger partial charge in [0.2, 0.25) is 0 Å². The van der Waals surface area contributed by atoms with E-state index in [-0.39, 0.29) is 6.54 Å². The Bertz CT molecular complexity index is 436. The van der Waals surface area contributed by atoms with Crippen LogP contribution < -0.4 is 10.2 Å². The molecule has 0 saturated carbocycles. The largest absolute Gasteiger partial charge is 0.360 e. The first-order valence-corrected chi connectivity index (χ1v) is 6.70. The minimum Gasteiger partial charge on any atom is -0.360 e. The Hall–Kier alpha value is -1.83. The molecule has 0 unspecified atom stereocenters. The van der Waals surface area contributed by atoms with E-state index in [4.69, 9.17) is 5.26 Å². The summed E-state index contributed by atoms with van der Waals surface area (Å²) >= 11 is 0. The molecule has 0 aliphatic heterocycles. The van der Waals surface area contributed by atoms with Crippen molar-refractivity contribution in [1.82, 2.24) is 9.97 Å². The normalized spacial score (nSPS) is 10.3. The molecule has 19 heavy (non-hydrogen) atoms. The molecule has 1 heterocycles. The molecular formula is C14H23N5. The maximum Gasteiger partial charge on any atom is 0.134 e. The smallest absolute Gasteiger partial charge is 0.134 e. The van der Waals surface area contributed by atoms with Crippen LogP contribution in [0.15, 0.2) is 6.07 Å². The zero-order valence-electron chi connectivity index (χ0n) is 12.3. The highest BCUT2D eigenvalue weighted by Crippen LogP contribution is 2.15. The second-order valence-corrected chi connectivity index (χ2v) is 5.13. The minimum atomic E-state index is 0.257. The van der Waals surface area contributed by atoms with Gasteiger partial charge in [-0.3, -0.25) is 0 Å². The van der Waals surface area contributed by atoms with Crippen molar-refractivity contribution in [2.75, 3.05) is 30.4 Å². The third kappa shape index (κ3) is 5.56.